The van der Waals surface area contributed by atoms with Gasteiger partial charge in [-0.05, 0) is 31.9 Å². The van der Waals surface area contributed by atoms with E-state index in [9.17, 15) is 9.18 Å². The maximum atomic E-state index is 13.3. The monoisotopic (exact) mass is 290 g/mol. The molecule has 2 aromatic rings. The standard InChI is InChI=1S/C14H15FN4O2/c1-14(5-6-14)17-13(20)19-7-4-12(18-19)21-9-2-3-11(16)10(15)8-9/h2-4,7-8H,5-6,16H2,1H3,(H,17,20). The molecule has 21 heavy (non-hydrogen) atoms. The van der Waals surface area contributed by atoms with E-state index in [0.29, 0.717) is 0 Å². The molecule has 1 aliphatic carbocycles. The lowest BCUT2D eigenvalue weighted by molar-refractivity contribution is 0.235. The average Bonchev–Trinajstić information content (AvgIpc) is 2.98. The largest absolute Gasteiger partial charge is 0.437 e. The van der Waals surface area contributed by atoms with E-state index in [1.54, 1.807) is 0 Å². The third-order valence-electron chi connectivity index (χ3n) is 3.38. The molecule has 0 spiro atoms. The smallest absolute Gasteiger partial charge is 0.342 e. The van der Waals surface area contributed by atoms with Crippen LogP contribution in [0.5, 0.6) is 11.6 Å². The number of ether oxygens (including phenoxy) is 1. The predicted molar refractivity (Wildman–Crippen MR) is 74.7 cm³/mol. The fourth-order valence-electron chi connectivity index (χ4n) is 1.79. The van der Waals surface area contributed by atoms with Gasteiger partial charge in [0.1, 0.15) is 11.6 Å². The lowest BCUT2D eigenvalue weighted by Gasteiger charge is -2.10. The molecule has 1 aliphatic rings. The number of amides is 1. The van der Waals surface area contributed by atoms with Crippen LogP contribution in [0.3, 0.4) is 0 Å². The van der Waals surface area contributed by atoms with E-state index in [1.165, 1.54) is 30.5 Å². The summed E-state index contributed by atoms with van der Waals surface area (Å²) in [6.45, 7) is 1.98. The Kier molecular flexibility index (Phi) is 3.04. The Balaban J connectivity index is 1.69. The molecule has 0 radical (unpaired) electrons. The molecule has 7 heteroatoms. The number of anilines is 1. The first-order valence-electron chi connectivity index (χ1n) is 6.56. The van der Waals surface area contributed by atoms with E-state index in [2.05, 4.69) is 10.4 Å². The van der Waals surface area contributed by atoms with Gasteiger partial charge in [-0.3, -0.25) is 0 Å². The van der Waals surface area contributed by atoms with Gasteiger partial charge in [-0.25, -0.2) is 9.18 Å². The second-order valence-corrected chi connectivity index (χ2v) is 5.37. The number of nitrogen functional groups attached to an aromatic ring is 1. The summed E-state index contributed by atoms with van der Waals surface area (Å²) >= 11 is 0. The highest BCUT2D eigenvalue weighted by Crippen LogP contribution is 2.34. The van der Waals surface area contributed by atoms with Gasteiger partial charge in [-0.1, -0.05) is 0 Å². The number of rotatable bonds is 3. The Bertz CT molecular complexity index is 694. The molecule has 3 N–H and O–H groups in total. The lowest BCUT2D eigenvalue weighted by atomic mass is 10.3. The molecule has 1 aromatic carbocycles. The maximum absolute atomic E-state index is 13.3. The minimum Gasteiger partial charge on any atom is -0.437 e. The van der Waals surface area contributed by atoms with Crippen LogP contribution in [0.4, 0.5) is 14.9 Å². The van der Waals surface area contributed by atoms with Gasteiger partial charge >= 0.3 is 6.03 Å². The molecule has 1 heterocycles. The number of hydrogen-bond donors (Lipinski definition) is 2. The van der Waals surface area contributed by atoms with E-state index >= 15 is 0 Å². The number of halogens is 1. The number of carbonyl (C=O) groups excluding carboxylic acids is 1. The second kappa shape index (κ2) is 4.76. The van der Waals surface area contributed by atoms with Gasteiger partial charge in [-0.2, -0.15) is 4.68 Å². The molecular weight excluding hydrogens is 275 g/mol. The Labute approximate surface area is 120 Å². The number of hydrogen-bond acceptors (Lipinski definition) is 4. The Morgan fingerprint density at radius 1 is 1.48 bits per heavy atom. The topological polar surface area (TPSA) is 82.2 Å². The molecule has 1 saturated carbocycles. The van der Waals surface area contributed by atoms with Gasteiger partial charge in [-0.15, -0.1) is 5.10 Å². The number of carbonyl (C=O) groups is 1. The SMILES string of the molecule is CC1(NC(=O)n2ccc(Oc3ccc(N)c(F)c3)n2)CC1. The summed E-state index contributed by atoms with van der Waals surface area (Å²) in [5.74, 6) is -0.0943. The number of benzene rings is 1. The summed E-state index contributed by atoms with van der Waals surface area (Å²) in [5, 5.41) is 6.87. The van der Waals surface area contributed by atoms with E-state index in [4.69, 9.17) is 10.5 Å². The average molecular weight is 290 g/mol. The van der Waals surface area contributed by atoms with Crippen LogP contribution in [-0.4, -0.2) is 21.4 Å². The highest BCUT2D eigenvalue weighted by Gasteiger charge is 2.39. The maximum Gasteiger partial charge on any atom is 0.342 e. The molecule has 3 rings (SSSR count). The molecule has 1 amide bonds. The second-order valence-electron chi connectivity index (χ2n) is 5.37. The first-order valence-corrected chi connectivity index (χ1v) is 6.56. The first kappa shape index (κ1) is 13.4. The minimum atomic E-state index is -0.564. The predicted octanol–water partition coefficient (Wildman–Crippen LogP) is 2.51. The third-order valence-corrected chi connectivity index (χ3v) is 3.38. The Hall–Kier alpha value is -2.57. The van der Waals surface area contributed by atoms with Crippen LogP contribution in [0.25, 0.3) is 0 Å². The molecule has 0 bridgehead atoms. The van der Waals surface area contributed by atoms with E-state index in [1.807, 2.05) is 6.92 Å². The molecule has 1 aromatic heterocycles. The van der Waals surface area contributed by atoms with Crippen LogP contribution in [0.15, 0.2) is 30.5 Å². The van der Waals surface area contributed by atoms with Crippen molar-refractivity contribution >= 4 is 11.7 Å². The third kappa shape index (κ3) is 2.96. The number of nitrogens with one attached hydrogen (secondary N) is 1. The molecule has 0 saturated heterocycles. The summed E-state index contributed by atoms with van der Waals surface area (Å²) in [5.41, 5.74) is 5.31. The van der Waals surface area contributed by atoms with Crippen molar-refractivity contribution in [3.05, 3.63) is 36.3 Å². The number of aromatic nitrogens is 2. The van der Waals surface area contributed by atoms with Crippen molar-refractivity contribution in [3.8, 4) is 11.6 Å². The summed E-state index contributed by atoms with van der Waals surface area (Å²) in [7, 11) is 0. The van der Waals surface area contributed by atoms with Gasteiger partial charge in [0.05, 0.1) is 5.69 Å². The zero-order valence-electron chi connectivity index (χ0n) is 11.5. The Morgan fingerprint density at radius 3 is 2.90 bits per heavy atom. The van der Waals surface area contributed by atoms with Crippen LogP contribution >= 0.6 is 0 Å². The number of nitrogens with zero attached hydrogens (tertiary/aromatic N) is 2. The van der Waals surface area contributed by atoms with Crippen LogP contribution in [0.1, 0.15) is 19.8 Å². The molecular formula is C14H15FN4O2. The zero-order valence-corrected chi connectivity index (χ0v) is 11.5. The zero-order chi connectivity index (χ0) is 15.0. The van der Waals surface area contributed by atoms with Crippen molar-refractivity contribution < 1.29 is 13.9 Å². The van der Waals surface area contributed by atoms with Gasteiger partial charge in [0.15, 0.2) is 0 Å². The molecule has 1 fully saturated rings. The van der Waals surface area contributed by atoms with Gasteiger partial charge in [0.25, 0.3) is 0 Å². The first-order chi connectivity index (χ1) is 9.95. The van der Waals surface area contributed by atoms with Crippen molar-refractivity contribution in [2.75, 3.05) is 5.73 Å². The summed E-state index contributed by atoms with van der Waals surface area (Å²) in [4.78, 5) is 11.9. The Morgan fingerprint density at radius 2 is 2.24 bits per heavy atom. The van der Waals surface area contributed by atoms with Gasteiger partial charge < -0.3 is 15.8 Å². The summed E-state index contributed by atoms with van der Waals surface area (Å²) in [6, 6.07) is 5.32. The van der Waals surface area contributed by atoms with Crippen molar-refractivity contribution in [3.63, 3.8) is 0 Å². The van der Waals surface area contributed by atoms with E-state index in [0.717, 1.165) is 17.5 Å². The summed E-state index contributed by atoms with van der Waals surface area (Å²) < 4.78 is 19.9. The quantitative estimate of drug-likeness (QED) is 0.851. The fourth-order valence-corrected chi connectivity index (χ4v) is 1.79. The molecule has 0 unspecified atom stereocenters. The van der Waals surface area contributed by atoms with Crippen LogP contribution in [0.2, 0.25) is 0 Å². The molecule has 0 atom stereocenters. The van der Waals surface area contributed by atoms with E-state index < -0.39 is 5.82 Å². The summed E-state index contributed by atoms with van der Waals surface area (Å²) in [6.07, 6.45) is 3.42. The minimum absolute atomic E-state index is 0.0462. The van der Waals surface area contributed by atoms with Crippen LogP contribution in [-0.2, 0) is 0 Å². The van der Waals surface area contributed by atoms with Crippen molar-refractivity contribution in [2.45, 2.75) is 25.3 Å². The van der Waals surface area contributed by atoms with Crippen LogP contribution < -0.4 is 15.8 Å². The van der Waals surface area contributed by atoms with Crippen molar-refractivity contribution in [2.24, 2.45) is 0 Å². The number of nitrogens with two attached hydrogens (primary N) is 1. The highest BCUT2D eigenvalue weighted by atomic mass is 19.1. The van der Waals surface area contributed by atoms with Gasteiger partial charge in [0, 0.05) is 23.9 Å². The molecule has 0 aliphatic heterocycles. The lowest BCUT2D eigenvalue weighted by Crippen LogP contribution is -2.37. The van der Waals surface area contributed by atoms with Gasteiger partial charge in [0.2, 0.25) is 5.88 Å². The normalized spacial score (nSPS) is 15.5. The van der Waals surface area contributed by atoms with Crippen molar-refractivity contribution in [1.29, 1.82) is 0 Å². The van der Waals surface area contributed by atoms with E-state index in [-0.39, 0.29) is 28.9 Å². The highest BCUT2D eigenvalue weighted by molar-refractivity contribution is 5.77. The van der Waals surface area contributed by atoms with Crippen molar-refractivity contribution in [1.82, 2.24) is 15.1 Å². The molecule has 110 valence electrons. The van der Waals surface area contributed by atoms with Crippen LogP contribution in [0, 0.1) is 5.82 Å². The molecule has 6 nitrogen and oxygen atoms in total. The fraction of sp³-hybridized carbons (Fsp3) is 0.286.